The topological polar surface area (TPSA) is 70.5 Å². The van der Waals surface area contributed by atoms with Gasteiger partial charge in [0.15, 0.2) is 0 Å². The van der Waals surface area contributed by atoms with E-state index < -0.39 is 0 Å². The Morgan fingerprint density at radius 2 is 1.73 bits per heavy atom. The average Bonchev–Trinajstić information content (AvgIpc) is 2.50. The van der Waals surface area contributed by atoms with E-state index >= 15 is 0 Å². The van der Waals surface area contributed by atoms with E-state index in [0.717, 1.165) is 26.1 Å². The first-order valence-electron chi connectivity index (χ1n) is 9.20. The van der Waals surface area contributed by atoms with E-state index in [0.29, 0.717) is 25.0 Å². The second-order valence-electron chi connectivity index (χ2n) is 6.79. The zero-order chi connectivity index (χ0) is 16.8. The van der Waals surface area contributed by atoms with Crippen LogP contribution in [0.3, 0.4) is 0 Å². The van der Waals surface area contributed by atoms with Gasteiger partial charge in [-0.05, 0) is 37.6 Å². The first kappa shape index (κ1) is 21.8. The van der Waals surface area contributed by atoms with Gasteiger partial charge in [-0.2, -0.15) is 0 Å². The molecular formula is C18H40N2O2. The van der Waals surface area contributed by atoms with Crippen LogP contribution in [0.2, 0.25) is 0 Å². The van der Waals surface area contributed by atoms with Crippen molar-refractivity contribution in [3.05, 3.63) is 0 Å². The number of ether oxygens (including phenoxy) is 2. The summed E-state index contributed by atoms with van der Waals surface area (Å²) in [6, 6.07) is 0.0133. The summed E-state index contributed by atoms with van der Waals surface area (Å²) in [4.78, 5) is 0. The Labute approximate surface area is 138 Å². The zero-order valence-electron chi connectivity index (χ0n) is 15.4. The van der Waals surface area contributed by atoms with E-state index in [-0.39, 0.29) is 12.1 Å². The first-order valence-corrected chi connectivity index (χ1v) is 9.20. The van der Waals surface area contributed by atoms with Crippen molar-refractivity contribution in [2.45, 2.75) is 78.4 Å². The Bertz CT molecular complexity index is 237. The van der Waals surface area contributed by atoms with E-state index in [2.05, 4.69) is 27.7 Å². The van der Waals surface area contributed by atoms with E-state index in [4.69, 9.17) is 20.9 Å². The van der Waals surface area contributed by atoms with Gasteiger partial charge in [0, 0.05) is 25.9 Å². The van der Waals surface area contributed by atoms with E-state index in [1.807, 2.05) is 0 Å². The lowest BCUT2D eigenvalue weighted by atomic mass is 10.00. The molecular weight excluding hydrogens is 276 g/mol. The fourth-order valence-electron chi connectivity index (χ4n) is 2.47. The zero-order valence-corrected chi connectivity index (χ0v) is 15.4. The first-order chi connectivity index (χ1) is 10.5. The van der Waals surface area contributed by atoms with Gasteiger partial charge in [0.1, 0.15) is 0 Å². The maximum absolute atomic E-state index is 6.29. The van der Waals surface area contributed by atoms with Crippen LogP contribution in [0.15, 0.2) is 0 Å². The smallest absolute Gasteiger partial charge is 0.0738 e. The molecule has 0 radical (unpaired) electrons. The van der Waals surface area contributed by atoms with Crippen LogP contribution < -0.4 is 11.5 Å². The quantitative estimate of drug-likeness (QED) is 0.455. The van der Waals surface area contributed by atoms with Crippen molar-refractivity contribution in [2.24, 2.45) is 23.3 Å². The lowest BCUT2D eigenvalue weighted by Gasteiger charge is -2.26. The van der Waals surface area contributed by atoms with Crippen molar-refractivity contribution in [1.29, 1.82) is 0 Å². The molecule has 0 bridgehead atoms. The van der Waals surface area contributed by atoms with Gasteiger partial charge < -0.3 is 20.9 Å². The number of nitrogens with two attached hydrogens (primary N) is 2. The third kappa shape index (κ3) is 11.4. The number of unbranched alkanes of at least 4 members (excludes halogenated alkanes) is 1. The van der Waals surface area contributed by atoms with Crippen molar-refractivity contribution in [1.82, 2.24) is 0 Å². The standard InChI is InChI=1S/C18H40N2O2/c1-5-7-8-16(6-2)14-22-18(9-11-19)17(20)10-12-21-13-15(3)4/h15-18H,5-14,19-20H2,1-4H3. The van der Waals surface area contributed by atoms with Crippen LogP contribution in [-0.2, 0) is 9.47 Å². The van der Waals surface area contributed by atoms with Gasteiger partial charge in [0.05, 0.1) is 6.10 Å². The predicted octanol–water partition coefficient (Wildman–Crippen LogP) is 3.33. The summed E-state index contributed by atoms with van der Waals surface area (Å²) in [5, 5.41) is 0. The maximum Gasteiger partial charge on any atom is 0.0738 e. The second kappa shape index (κ2) is 14.4. The van der Waals surface area contributed by atoms with Crippen molar-refractivity contribution >= 4 is 0 Å². The Hall–Kier alpha value is -0.160. The second-order valence-corrected chi connectivity index (χ2v) is 6.79. The number of hydrogen-bond acceptors (Lipinski definition) is 4. The average molecular weight is 317 g/mol. The highest BCUT2D eigenvalue weighted by atomic mass is 16.5. The molecule has 0 saturated heterocycles. The summed E-state index contributed by atoms with van der Waals surface area (Å²) in [7, 11) is 0. The Balaban J connectivity index is 4.09. The molecule has 0 heterocycles. The minimum atomic E-state index is 0.0133. The molecule has 22 heavy (non-hydrogen) atoms. The van der Waals surface area contributed by atoms with Crippen LogP contribution in [-0.4, -0.2) is 38.5 Å². The largest absolute Gasteiger partial charge is 0.381 e. The summed E-state index contributed by atoms with van der Waals surface area (Å²) in [6.45, 7) is 11.7. The molecule has 134 valence electrons. The van der Waals surface area contributed by atoms with E-state index in [1.165, 1.54) is 25.7 Å². The van der Waals surface area contributed by atoms with Gasteiger partial charge in [-0.15, -0.1) is 0 Å². The lowest BCUT2D eigenvalue weighted by molar-refractivity contribution is -0.00113. The van der Waals surface area contributed by atoms with Gasteiger partial charge in [-0.25, -0.2) is 0 Å². The molecule has 4 N–H and O–H groups in total. The third-order valence-electron chi connectivity index (χ3n) is 4.06. The molecule has 0 aromatic heterocycles. The molecule has 0 rings (SSSR count). The third-order valence-corrected chi connectivity index (χ3v) is 4.06. The van der Waals surface area contributed by atoms with Crippen LogP contribution in [0.4, 0.5) is 0 Å². The van der Waals surface area contributed by atoms with Gasteiger partial charge >= 0.3 is 0 Å². The van der Waals surface area contributed by atoms with Gasteiger partial charge in [0.25, 0.3) is 0 Å². The summed E-state index contributed by atoms with van der Waals surface area (Å²) in [6.07, 6.45) is 6.66. The van der Waals surface area contributed by atoms with Crippen LogP contribution in [0, 0.1) is 11.8 Å². The molecule has 0 aromatic carbocycles. The van der Waals surface area contributed by atoms with Gasteiger partial charge in [-0.1, -0.05) is 47.0 Å². The number of hydrogen-bond donors (Lipinski definition) is 2. The summed E-state index contributed by atoms with van der Waals surface area (Å²) < 4.78 is 11.7. The van der Waals surface area contributed by atoms with Gasteiger partial charge in [-0.3, -0.25) is 0 Å². The highest BCUT2D eigenvalue weighted by molar-refractivity contribution is 4.75. The van der Waals surface area contributed by atoms with Crippen LogP contribution in [0.5, 0.6) is 0 Å². The molecule has 0 spiro atoms. The normalized spacial score (nSPS) is 16.0. The van der Waals surface area contributed by atoms with Gasteiger partial charge in [0.2, 0.25) is 0 Å². The Kier molecular flexibility index (Phi) is 14.3. The molecule has 4 heteroatoms. The molecule has 4 nitrogen and oxygen atoms in total. The molecule has 0 aliphatic rings. The highest BCUT2D eigenvalue weighted by Crippen LogP contribution is 2.16. The molecule has 0 aromatic rings. The Morgan fingerprint density at radius 3 is 2.27 bits per heavy atom. The van der Waals surface area contributed by atoms with Crippen LogP contribution >= 0.6 is 0 Å². The van der Waals surface area contributed by atoms with Crippen molar-refractivity contribution < 1.29 is 9.47 Å². The monoisotopic (exact) mass is 316 g/mol. The molecule has 3 unspecified atom stereocenters. The van der Waals surface area contributed by atoms with Crippen LogP contribution in [0.1, 0.15) is 66.2 Å². The van der Waals surface area contributed by atoms with Crippen LogP contribution in [0.25, 0.3) is 0 Å². The fraction of sp³-hybridized carbons (Fsp3) is 1.00. The molecule has 0 saturated carbocycles. The fourth-order valence-corrected chi connectivity index (χ4v) is 2.47. The summed E-state index contributed by atoms with van der Waals surface area (Å²) in [5.41, 5.74) is 12.0. The minimum absolute atomic E-state index is 0.0133. The molecule has 0 aliphatic carbocycles. The Morgan fingerprint density at radius 1 is 1.00 bits per heavy atom. The molecule has 0 fully saturated rings. The van der Waals surface area contributed by atoms with E-state index in [1.54, 1.807) is 0 Å². The summed E-state index contributed by atoms with van der Waals surface area (Å²) >= 11 is 0. The van der Waals surface area contributed by atoms with E-state index in [9.17, 15) is 0 Å². The molecule has 0 amide bonds. The predicted molar refractivity (Wildman–Crippen MR) is 95.0 cm³/mol. The SMILES string of the molecule is CCCCC(CC)COC(CCN)C(N)CCOCC(C)C. The minimum Gasteiger partial charge on any atom is -0.381 e. The number of rotatable bonds is 15. The molecule has 3 atom stereocenters. The van der Waals surface area contributed by atoms with Crippen molar-refractivity contribution in [2.75, 3.05) is 26.4 Å². The van der Waals surface area contributed by atoms with Crippen molar-refractivity contribution in [3.63, 3.8) is 0 Å². The maximum atomic E-state index is 6.29. The summed E-state index contributed by atoms with van der Waals surface area (Å²) in [5.74, 6) is 1.21. The highest BCUT2D eigenvalue weighted by Gasteiger charge is 2.19. The lowest BCUT2D eigenvalue weighted by Crippen LogP contribution is -2.40. The molecule has 0 aliphatic heterocycles. The van der Waals surface area contributed by atoms with Crippen molar-refractivity contribution in [3.8, 4) is 0 Å².